The van der Waals surface area contributed by atoms with E-state index in [1.165, 1.54) is 0 Å². The standard InChI is InChI=1S/C22H25ClN2O5/c1-16-4-2-5-19(14-16)29-13-12-24-20(26)15-30-21(27)6-3-11-25-22(28)17-7-9-18(23)10-8-17/h2,4-5,7-10,14H,3,6,11-13,15H2,1H3,(H,24,26)(H,25,28). The summed E-state index contributed by atoms with van der Waals surface area (Å²) in [5.41, 5.74) is 1.58. The minimum atomic E-state index is -0.498. The Hall–Kier alpha value is -3.06. The molecule has 0 saturated carbocycles. The van der Waals surface area contributed by atoms with Gasteiger partial charge < -0.3 is 20.1 Å². The maximum atomic E-state index is 11.9. The number of ether oxygens (including phenoxy) is 2. The van der Waals surface area contributed by atoms with E-state index in [9.17, 15) is 14.4 Å². The topological polar surface area (TPSA) is 93.7 Å². The van der Waals surface area contributed by atoms with Crippen molar-refractivity contribution in [2.75, 3.05) is 26.3 Å². The van der Waals surface area contributed by atoms with Crippen molar-refractivity contribution in [1.82, 2.24) is 10.6 Å². The molecule has 0 atom stereocenters. The normalized spacial score (nSPS) is 10.2. The SMILES string of the molecule is Cc1cccc(OCCNC(=O)COC(=O)CCCNC(=O)c2ccc(Cl)cc2)c1. The van der Waals surface area contributed by atoms with Crippen molar-refractivity contribution in [2.24, 2.45) is 0 Å². The second kappa shape index (κ2) is 12.5. The first kappa shape index (κ1) is 23.2. The fourth-order valence-corrected chi connectivity index (χ4v) is 2.60. The molecule has 0 aliphatic rings. The van der Waals surface area contributed by atoms with Gasteiger partial charge >= 0.3 is 5.97 Å². The molecule has 0 aliphatic carbocycles. The molecule has 7 nitrogen and oxygen atoms in total. The Morgan fingerprint density at radius 3 is 2.50 bits per heavy atom. The lowest BCUT2D eigenvalue weighted by atomic mass is 10.2. The van der Waals surface area contributed by atoms with Gasteiger partial charge in [-0.2, -0.15) is 0 Å². The summed E-state index contributed by atoms with van der Waals surface area (Å²) in [5, 5.41) is 5.88. The molecule has 0 aromatic heterocycles. The lowest BCUT2D eigenvalue weighted by molar-refractivity contribution is -0.148. The summed E-state index contributed by atoms with van der Waals surface area (Å²) in [6.45, 7) is 2.56. The number of esters is 1. The first-order valence-electron chi connectivity index (χ1n) is 9.59. The van der Waals surface area contributed by atoms with Crippen molar-refractivity contribution >= 4 is 29.4 Å². The Morgan fingerprint density at radius 1 is 1.00 bits per heavy atom. The number of benzene rings is 2. The number of rotatable bonds is 11. The number of amides is 2. The summed E-state index contributed by atoms with van der Waals surface area (Å²) in [6.07, 6.45) is 0.509. The summed E-state index contributed by atoms with van der Waals surface area (Å²) in [6, 6.07) is 14.1. The molecule has 0 fully saturated rings. The van der Waals surface area contributed by atoms with Crippen LogP contribution in [-0.2, 0) is 14.3 Å². The monoisotopic (exact) mass is 432 g/mol. The maximum absolute atomic E-state index is 11.9. The number of halogens is 1. The summed E-state index contributed by atoms with van der Waals surface area (Å²) < 4.78 is 10.4. The molecule has 2 rings (SSSR count). The number of nitrogens with one attached hydrogen (secondary N) is 2. The molecule has 0 heterocycles. The van der Waals surface area contributed by atoms with Crippen LogP contribution in [0.25, 0.3) is 0 Å². The lowest BCUT2D eigenvalue weighted by Crippen LogP contribution is -2.32. The van der Waals surface area contributed by atoms with Gasteiger partial charge in [-0.15, -0.1) is 0 Å². The summed E-state index contributed by atoms with van der Waals surface area (Å²) >= 11 is 5.78. The minimum Gasteiger partial charge on any atom is -0.492 e. The van der Waals surface area contributed by atoms with E-state index in [2.05, 4.69) is 10.6 Å². The average molecular weight is 433 g/mol. The third-order valence-electron chi connectivity index (χ3n) is 4.00. The largest absolute Gasteiger partial charge is 0.492 e. The lowest BCUT2D eigenvalue weighted by Gasteiger charge is -2.09. The fourth-order valence-electron chi connectivity index (χ4n) is 2.47. The molecule has 2 amide bonds. The van der Waals surface area contributed by atoms with Crippen LogP contribution in [0.4, 0.5) is 0 Å². The molecule has 2 aromatic carbocycles. The molecule has 0 spiro atoms. The van der Waals surface area contributed by atoms with Gasteiger partial charge in [-0.25, -0.2) is 0 Å². The molecular formula is C22H25ClN2O5. The van der Waals surface area contributed by atoms with Crippen molar-refractivity contribution < 1.29 is 23.9 Å². The van der Waals surface area contributed by atoms with E-state index in [1.807, 2.05) is 31.2 Å². The third kappa shape index (κ3) is 8.96. The van der Waals surface area contributed by atoms with Gasteiger partial charge in [0, 0.05) is 23.6 Å². The molecule has 2 N–H and O–H groups in total. The van der Waals surface area contributed by atoms with Crippen molar-refractivity contribution in [3.8, 4) is 5.75 Å². The Kier molecular flexibility index (Phi) is 9.67. The van der Waals surface area contributed by atoms with E-state index >= 15 is 0 Å². The van der Waals surface area contributed by atoms with E-state index < -0.39 is 11.9 Å². The van der Waals surface area contributed by atoms with Crippen LogP contribution in [0.5, 0.6) is 5.75 Å². The Balaban J connectivity index is 1.51. The summed E-state index contributed by atoms with van der Waals surface area (Å²) in [4.78, 5) is 35.3. The Labute approximate surface area is 180 Å². The quantitative estimate of drug-likeness (QED) is 0.420. The fraction of sp³-hybridized carbons (Fsp3) is 0.318. The predicted octanol–water partition coefficient (Wildman–Crippen LogP) is 2.90. The minimum absolute atomic E-state index is 0.102. The van der Waals surface area contributed by atoms with E-state index in [4.69, 9.17) is 21.1 Å². The van der Waals surface area contributed by atoms with Gasteiger partial charge in [0.2, 0.25) is 0 Å². The smallest absolute Gasteiger partial charge is 0.306 e. The molecule has 0 bridgehead atoms. The highest BCUT2D eigenvalue weighted by Gasteiger charge is 2.09. The number of aryl methyl sites for hydroxylation is 1. The van der Waals surface area contributed by atoms with Crippen molar-refractivity contribution in [1.29, 1.82) is 0 Å². The molecule has 2 aromatic rings. The van der Waals surface area contributed by atoms with E-state index in [-0.39, 0.29) is 18.9 Å². The number of hydrogen-bond acceptors (Lipinski definition) is 5. The van der Waals surface area contributed by atoms with Crippen LogP contribution >= 0.6 is 11.6 Å². The zero-order chi connectivity index (χ0) is 21.8. The highest BCUT2D eigenvalue weighted by Crippen LogP contribution is 2.11. The van der Waals surface area contributed by atoms with Crippen LogP contribution in [0.3, 0.4) is 0 Å². The maximum Gasteiger partial charge on any atom is 0.306 e. The first-order chi connectivity index (χ1) is 14.4. The predicted molar refractivity (Wildman–Crippen MR) is 114 cm³/mol. The number of hydrogen-bond donors (Lipinski definition) is 2. The van der Waals surface area contributed by atoms with Crippen LogP contribution < -0.4 is 15.4 Å². The van der Waals surface area contributed by atoms with E-state index in [0.29, 0.717) is 36.7 Å². The highest BCUT2D eigenvalue weighted by molar-refractivity contribution is 6.30. The first-order valence-corrected chi connectivity index (χ1v) is 9.97. The second-order valence-electron chi connectivity index (χ2n) is 6.54. The van der Waals surface area contributed by atoms with Crippen LogP contribution in [0, 0.1) is 6.92 Å². The van der Waals surface area contributed by atoms with Crippen LogP contribution in [0.15, 0.2) is 48.5 Å². The van der Waals surface area contributed by atoms with Crippen molar-refractivity contribution in [3.05, 3.63) is 64.7 Å². The van der Waals surface area contributed by atoms with Gasteiger partial charge in [-0.05, 0) is 55.3 Å². The summed E-state index contributed by atoms with van der Waals surface area (Å²) in [7, 11) is 0. The van der Waals surface area contributed by atoms with Crippen molar-refractivity contribution in [2.45, 2.75) is 19.8 Å². The van der Waals surface area contributed by atoms with Gasteiger partial charge in [0.1, 0.15) is 12.4 Å². The molecule has 0 unspecified atom stereocenters. The molecule has 0 radical (unpaired) electrons. The van der Waals surface area contributed by atoms with Crippen molar-refractivity contribution in [3.63, 3.8) is 0 Å². The third-order valence-corrected chi connectivity index (χ3v) is 4.25. The number of carbonyl (C=O) groups is 3. The van der Waals surface area contributed by atoms with E-state index in [1.54, 1.807) is 24.3 Å². The van der Waals surface area contributed by atoms with Gasteiger partial charge in [-0.3, -0.25) is 14.4 Å². The average Bonchev–Trinajstić information content (AvgIpc) is 2.73. The number of carbonyl (C=O) groups excluding carboxylic acids is 3. The highest BCUT2D eigenvalue weighted by atomic mass is 35.5. The second-order valence-corrected chi connectivity index (χ2v) is 6.98. The molecule has 160 valence electrons. The van der Waals surface area contributed by atoms with Gasteiger partial charge in [-0.1, -0.05) is 23.7 Å². The van der Waals surface area contributed by atoms with Crippen LogP contribution in [0.1, 0.15) is 28.8 Å². The van der Waals surface area contributed by atoms with Gasteiger partial charge in [0.15, 0.2) is 6.61 Å². The van der Waals surface area contributed by atoms with Crippen LogP contribution in [-0.4, -0.2) is 44.1 Å². The zero-order valence-electron chi connectivity index (χ0n) is 16.8. The summed E-state index contributed by atoms with van der Waals surface area (Å²) in [5.74, 6) is -0.403. The van der Waals surface area contributed by atoms with Gasteiger partial charge in [0.25, 0.3) is 11.8 Å². The molecule has 30 heavy (non-hydrogen) atoms. The Morgan fingerprint density at radius 2 is 1.77 bits per heavy atom. The molecule has 0 aliphatic heterocycles. The van der Waals surface area contributed by atoms with Crippen LogP contribution in [0.2, 0.25) is 5.02 Å². The molecule has 0 saturated heterocycles. The zero-order valence-corrected chi connectivity index (χ0v) is 17.5. The Bertz CT molecular complexity index is 855. The molecule has 8 heteroatoms. The molecular weight excluding hydrogens is 408 g/mol. The van der Waals surface area contributed by atoms with Gasteiger partial charge in [0.05, 0.1) is 6.54 Å². The van der Waals surface area contributed by atoms with E-state index in [0.717, 1.165) is 11.3 Å².